The van der Waals surface area contributed by atoms with Crippen LogP contribution in [0.15, 0.2) is 34.3 Å². The van der Waals surface area contributed by atoms with Crippen molar-refractivity contribution in [1.82, 2.24) is 15.1 Å². The van der Waals surface area contributed by atoms with E-state index in [0.717, 1.165) is 5.56 Å². The van der Waals surface area contributed by atoms with Crippen molar-refractivity contribution in [2.75, 3.05) is 0 Å². The highest BCUT2D eigenvalue weighted by atomic mass is 35.5. The third-order valence-electron chi connectivity index (χ3n) is 2.83. The Morgan fingerprint density at radius 3 is 2.67 bits per heavy atom. The molecule has 1 atom stereocenters. The normalized spacial score (nSPS) is 12.5. The number of rotatable bonds is 4. The zero-order chi connectivity index (χ0) is 14.8. The zero-order valence-corrected chi connectivity index (χ0v) is 12.9. The van der Waals surface area contributed by atoms with Crippen molar-refractivity contribution in [3.63, 3.8) is 0 Å². The van der Waals surface area contributed by atoms with Crippen LogP contribution in [0.3, 0.4) is 0 Å². The van der Waals surface area contributed by atoms with E-state index >= 15 is 0 Å². The van der Waals surface area contributed by atoms with Gasteiger partial charge in [0.2, 0.25) is 11.7 Å². The minimum absolute atomic E-state index is 0.205. The maximum atomic E-state index is 10.1. The maximum Gasteiger partial charge on any atom is 0.229 e. The van der Waals surface area contributed by atoms with E-state index in [-0.39, 0.29) is 6.42 Å². The molecule has 108 valence electrons. The Bertz CT molecular complexity index is 742. The maximum absolute atomic E-state index is 10.1. The molecule has 0 fully saturated rings. The number of aromatic nitrogens is 3. The van der Waals surface area contributed by atoms with Crippen LogP contribution in [-0.2, 0) is 6.42 Å². The number of hydrogen-bond donors (Lipinski definition) is 1. The monoisotopic (exact) mass is 341 g/mol. The summed E-state index contributed by atoms with van der Waals surface area (Å²) in [5.74, 6) is 0.635. The van der Waals surface area contributed by atoms with Crippen molar-refractivity contribution in [2.24, 2.45) is 0 Å². The van der Waals surface area contributed by atoms with Gasteiger partial charge in [-0.3, -0.25) is 0 Å². The van der Waals surface area contributed by atoms with Crippen LogP contribution in [0.25, 0.3) is 11.5 Å². The van der Waals surface area contributed by atoms with Gasteiger partial charge in [0, 0.05) is 5.02 Å². The van der Waals surface area contributed by atoms with E-state index in [4.69, 9.17) is 27.7 Å². The van der Waals surface area contributed by atoms with Gasteiger partial charge in [-0.2, -0.15) is 4.98 Å². The number of nitrogens with zero attached hydrogens (tertiary/aromatic N) is 3. The lowest BCUT2D eigenvalue weighted by atomic mass is 10.1. The summed E-state index contributed by atoms with van der Waals surface area (Å²) in [7, 11) is 0. The van der Waals surface area contributed by atoms with E-state index < -0.39 is 6.10 Å². The first-order valence-corrected chi connectivity index (χ1v) is 7.62. The molecule has 0 amide bonds. The van der Waals surface area contributed by atoms with Crippen molar-refractivity contribution in [3.05, 3.63) is 50.6 Å². The molecule has 21 heavy (non-hydrogen) atoms. The van der Waals surface area contributed by atoms with E-state index in [1.165, 1.54) is 11.3 Å². The molecular weight excluding hydrogens is 333 g/mol. The van der Waals surface area contributed by atoms with Gasteiger partial charge < -0.3 is 9.63 Å². The van der Waals surface area contributed by atoms with Crippen molar-refractivity contribution in [3.8, 4) is 11.5 Å². The van der Waals surface area contributed by atoms with Crippen LogP contribution < -0.4 is 0 Å². The van der Waals surface area contributed by atoms with Crippen LogP contribution in [-0.4, -0.2) is 20.2 Å². The lowest BCUT2D eigenvalue weighted by Gasteiger charge is -2.07. The molecule has 0 aliphatic heterocycles. The highest BCUT2D eigenvalue weighted by Crippen LogP contribution is 2.28. The second kappa shape index (κ2) is 6.11. The van der Waals surface area contributed by atoms with Crippen molar-refractivity contribution >= 4 is 34.5 Å². The second-order valence-corrected chi connectivity index (χ2v) is 6.15. The first-order valence-electron chi connectivity index (χ1n) is 5.99. The third-order valence-corrected chi connectivity index (χ3v) is 4.14. The molecule has 0 aliphatic carbocycles. The summed E-state index contributed by atoms with van der Waals surface area (Å²) < 4.78 is 5.62. The van der Waals surface area contributed by atoms with Crippen LogP contribution >= 0.6 is 34.5 Å². The highest BCUT2D eigenvalue weighted by Gasteiger charge is 2.17. The Labute approximate surface area is 134 Å². The SMILES string of the molecule is OC(Cc1nc(-c2ncsc2Cl)no1)c1ccc(Cl)cc1. The molecule has 8 heteroatoms. The summed E-state index contributed by atoms with van der Waals surface area (Å²) in [4.78, 5) is 8.26. The predicted molar refractivity (Wildman–Crippen MR) is 80.5 cm³/mol. The molecule has 5 nitrogen and oxygen atoms in total. The van der Waals surface area contributed by atoms with Gasteiger partial charge in [-0.1, -0.05) is 40.5 Å². The predicted octanol–water partition coefficient (Wildman–Crippen LogP) is 3.78. The van der Waals surface area contributed by atoms with Gasteiger partial charge in [-0.25, -0.2) is 4.98 Å². The topological polar surface area (TPSA) is 72.0 Å². The van der Waals surface area contributed by atoms with Crippen molar-refractivity contribution in [1.29, 1.82) is 0 Å². The summed E-state index contributed by atoms with van der Waals surface area (Å²) in [6, 6.07) is 6.94. The van der Waals surface area contributed by atoms with E-state index in [2.05, 4.69) is 15.1 Å². The quantitative estimate of drug-likeness (QED) is 0.781. The van der Waals surface area contributed by atoms with Crippen LogP contribution in [0.4, 0.5) is 0 Å². The smallest absolute Gasteiger partial charge is 0.229 e. The van der Waals surface area contributed by atoms with E-state index in [1.54, 1.807) is 29.8 Å². The second-order valence-electron chi connectivity index (χ2n) is 4.26. The fourth-order valence-electron chi connectivity index (χ4n) is 1.78. The average molecular weight is 342 g/mol. The van der Waals surface area contributed by atoms with Gasteiger partial charge in [-0.05, 0) is 17.7 Å². The molecule has 0 bridgehead atoms. The van der Waals surface area contributed by atoms with E-state index in [1.807, 2.05) is 0 Å². The fourth-order valence-corrected chi connectivity index (χ4v) is 2.66. The number of benzene rings is 1. The lowest BCUT2D eigenvalue weighted by molar-refractivity contribution is 0.165. The average Bonchev–Trinajstić information content (AvgIpc) is 3.08. The van der Waals surface area contributed by atoms with Crippen LogP contribution in [0.2, 0.25) is 9.36 Å². The number of halogens is 2. The highest BCUT2D eigenvalue weighted by molar-refractivity contribution is 7.14. The molecule has 0 spiro atoms. The Kier molecular flexibility index (Phi) is 4.21. The Morgan fingerprint density at radius 1 is 1.24 bits per heavy atom. The van der Waals surface area contributed by atoms with E-state index in [0.29, 0.717) is 26.8 Å². The Hall–Kier alpha value is -1.47. The summed E-state index contributed by atoms with van der Waals surface area (Å²) in [5, 5.41) is 14.6. The molecule has 0 aliphatic rings. The molecule has 1 N–H and O–H groups in total. The number of aliphatic hydroxyl groups excluding tert-OH is 1. The lowest BCUT2D eigenvalue weighted by Crippen LogP contribution is -2.01. The van der Waals surface area contributed by atoms with Gasteiger partial charge in [-0.15, -0.1) is 11.3 Å². The summed E-state index contributed by atoms with van der Waals surface area (Å²) in [6.45, 7) is 0. The molecule has 1 unspecified atom stereocenters. The van der Waals surface area contributed by atoms with Gasteiger partial charge in [0.25, 0.3) is 0 Å². The zero-order valence-electron chi connectivity index (χ0n) is 10.5. The molecular formula is C13H9Cl2N3O2S. The van der Waals surface area contributed by atoms with Crippen molar-refractivity contribution < 1.29 is 9.63 Å². The molecule has 0 saturated heterocycles. The Morgan fingerprint density at radius 2 is 2.00 bits per heavy atom. The number of thiazole rings is 1. The van der Waals surface area contributed by atoms with Gasteiger partial charge >= 0.3 is 0 Å². The fraction of sp³-hybridized carbons (Fsp3) is 0.154. The molecule has 3 aromatic rings. The van der Waals surface area contributed by atoms with Crippen LogP contribution in [0, 0.1) is 0 Å². The molecule has 3 rings (SSSR count). The summed E-state index contributed by atoms with van der Waals surface area (Å²) in [6.07, 6.45) is -0.544. The third kappa shape index (κ3) is 3.24. The number of hydrogen-bond acceptors (Lipinski definition) is 6. The van der Waals surface area contributed by atoms with Crippen molar-refractivity contribution in [2.45, 2.75) is 12.5 Å². The number of aliphatic hydroxyl groups is 1. The molecule has 0 radical (unpaired) electrons. The molecule has 2 aromatic heterocycles. The largest absolute Gasteiger partial charge is 0.388 e. The van der Waals surface area contributed by atoms with Crippen LogP contribution in [0.1, 0.15) is 17.6 Å². The van der Waals surface area contributed by atoms with Gasteiger partial charge in [0.15, 0.2) is 0 Å². The standard InChI is InChI=1S/C13H9Cl2N3O2S/c14-8-3-1-7(2-4-8)9(19)5-10-17-13(18-20-10)11-12(15)21-6-16-11/h1-4,6,9,19H,5H2. The minimum Gasteiger partial charge on any atom is -0.388 e. The van der Waals surface area contributed by atoms with Crippen LogP contribution in [0.5, 0.6) is 0 Å². The minimum atomic E-state index is -0.749. The summed E-state index contributed by atoms with van der Waals surface area (Å²) in [5.41, 5.74) is 2.82. The molecule has 2 heterocycles. The first kappa shape index (κ1) is 14.5. The Balaban J connectivity index is 1.75. The van der Waals surface area contributed by atoms with Gasteiger partial charge in [0.1, 0.15) is 10.0 Å². The van der Waals surface area contributed by atoms with E-state index in [9.17, 15) is 5.11 Å². The molecule has 0 saturated carbocycles. The first-order chi connectivity index (χ1) is 10.1. The van der Waals surface area contributed by atoms with Gasteiger partial charge in [0.05, 0.1) is 18.0 Å². The summed E-state index contributed by atoms with van der Waals surface area (Å²) >= 11 is 13.1. The molecule has 1 aromatic carbocycles.